The summed E-state index contributed by atoms with van der Waals surface area (Å²) >= 11 is 0. The number of carboxylic acid groups (broad SMARTS) is 1. The summed E-state index contributed by atoms with van der Waals surface area (Å²) < 4.78 is 0. The van der Waals surface area contributed by atoms with E-state index in [0.29, 0.717) is 19.4 Å². The Labute approximate surface area is 118 Å². The predicted octanol–water partition coefficient (Wildman–Crippen LogP) is 2.43. The van der Waals surface area contributed by atoms with Gasteiger partial charge < -0.3 is 10.0 Å². The molecule has 1 aromatic rings. The number of para-hydroxylation sites is 1. The van der Waals surface area contributed by atoms with Crippen molar-refractivity contribution >= 4 is 17.7 Å². The van der Waals surface area contributed by atoms with E-state index in [1.54, 1.807) is 16.8 Å². The Morgan fingerprint density at radius 2 is 1.95 bits per heavy atom. The van der Waals surface area contributed by atoms with Crippen LogP contribution in [0.3, 0.4) is 0 Å². The highest BCUT2D eigenvalue weighted by atomic mass is 16.4. The summed E-state index contributed by atoms with van der Waals surface area (Å²) in [4.78, 5) is 26.9. The van der Waals surface area contributed by atoms with Crippen molar-refractivity contribution < 1.29 is 14.7 Å². The zero-order valence-corrected chi connectivity index (χ0v) is 11.8. The highest BCUT2D eigenvalue weighted by Gasteiger charge is 2.33. The smallest absolute Gasteiger partial charge is 0.324 e. The first-order valence-corrected chi connectivity index (χ1v) is 6.83. The first kappa shape index (κ1) is 14.4. The molecule has 1 fully saturated rings. The van der Waals surface area contributed by atoms with Gasteiger partial charge in [-0.3, -0.25) is 9.69 Å². The van der Waals surface area contributed by atoms with Gasteiger partial charge in [0.1, 0.15) is 0 Å². The average Bonchev–Trinajstić information content (AvgIpc) is 2.46. The van der Waals surface area contributed by atoms with Gasteiger partial charge in [-0.05, 0) is 31.9 Å². The molecule has 0 aliphatic carbocycles. The molecule has 0 saturated carbocycles. The lowest BCUT2D eigenvalue weighted by Crippen LogP contribution is -2.50. The van der Waals surface area contributed by atoms with E-state index in [1.165, 1.54) is 0 Å². The van der Waals surface area contributed by atoms with Gasteiger partial charge in [0.05, 0.1) is 5.92 Å². The highest BCUT2D eigenvalue weighted by molar-refractivity contribution is 5.91. The van der Waals surface area contributed by atoms with E-state index < -0.39 is 5.97 Å². The molecule has 2 rings (SSSR count). The summed E-state index contributed by atoms with van der Waals surface area (Å²) in [5.41, 5.74) is 0.838. The van der Waals surface area contributed by atoms with Gasteiger partial charge in [0.15, 0.2) is 0 Å². The van der Waals surface area contributed by atoms with Crippen LogP contribution < -0.4 is 4.90 Å². The minimum atomic E-state index is -0.764. The van der Waals surface area contributed by atoms with Gasteiger partial charge in [-0.25, -0.2) is 4.79 Å². The maximum absolute atomic E-state index is 12.5. The molecule has 0 spiro atoms. The van der Waals surface area contributed by atoms with Gasteiger partial charge in [0.2, 0.25) is 0 Å². The second-order valence-corrected chi connectivity index (χ2v) is 5.28. The molecule has 2 amide bonds. The number of rotatable bonds is 2. The number of piperidine rings is 1. The highest BCUT2D eigenvalue weighted by Crippen LogP contribution is 2.25. The summed E-state index contributed by atoms with van der Waals surface area (Å²) in [6.45, 7) is 2.40. The fraction of sp³-hybridized carbons (Fsp3) is 0.467. The van der Waals surface area contributed by atoms with E-state index in [4.69, 9.17) is 5.11 Å². The predicted molar refractivity (Wildman–Crippen MR) is 76.8 cm³/mol. The Bertz CT molecular complexity index is 489. The number of carbonyl (C=O) groups excluding carboxylic acids is 1. The fourth-order valence-corrected chi connectivity index (χ4v) is 2.64. The van der Waals surface area contributed by atoms with Gasteiger partial charge in [0, 0.05) is 25.3 Å². The SMILES string of the molecule is CC1CC(C(=O)O)CCN1C(=O)N(C)c1ccccc1. The van der Waals surface area contributed by atoms with Gasteiger partial charge in [-0.1, -0.05) is 18.2 Å². The van der Waals surface area contributed by atoms with Crippen LogP contribution in [0.4, 0.5) is 10.5 Å². The van der Waals surface area contributed by atoms with E-state index >= 15 is 0 Å². The molecule has 0 radical (unpaired) electrons. The molecule has 2 atom stereocenters. The van der Waals surface area contributed by atoms with Crippen molar-refractivity contribution in [2.75, 3.05) is 18.5 Å². The minimum Gasteiger partial charge on any atom is -0.481 e. The largest absolute Gasteiger partial charge is 0.481 e. The number of nitrogens with zero attached hydrogens (tertiary/aromatic N) is 2. The summed E-state index contributed by atoms with van der Waals surface area (Å²) in [5.74, 6) is -1.10. The maximum atomic E-state index is 12.5. The Morgan fingerprint density at radius 3 is 2.50 bits per heavy atom. The first-order valence-electron chi connectivity index (χ1n) is 6.83. The zero-order valence-electron chi connectivity index (χ0n) is 11.8. The lowest BCUT2D eigenvalue weighted by Gasteiger charge is -2.38. The number of amides is 2. The van der Waals surface area contributed by atoms with Crippen molar-refractivity contribution in [2.24, 2.45) is 5.92 Å². The third-order valence-corrected chi connectivity index (χ3v) is 3.90. The molecule has 1 N–H and O–H groups in total. The number of urea groups is 1. The third kappa shape index (κ3) is 2.92. The van der Waals surface area contributed by atoms with Crippen molar-refractivity contribution in [2.45, 2.75) is 25.8 Å². The number of carboxylic acids is 1. The molecule has 1 aromatic carbocycles. The summed E-state index contributed by atoms with van der Waals surface area (Å²) in [5, 5.41) is 9.05. The molecule has 1 aliphatic rings. The van der Waals surface area contributed by atoms with Gasteiger partial charge in [-0.2, -0.15) is 0 Å². The van der Waals surface area contributed by atoms with Crippen LogP contribution in [-0.4, -0.2) is 41.6 Å². The molecule has 0 aromatic heterocycles. The molecule has 5 nitrogen and oxygen atoms in total. The molecule has 5 heteroatoms. The number of likely N-dealkylation sites (tertiary alicyclic amines) is 1. The second kappa shape index (κ2) is 5.94. The van der Waals surface area contributed by atoms with Crippen molar-refractivity contribution in [3.8, 4) is 0 Å². The van der Waals surface area contributed by atoms with Gasteiger partial charge >= 0.3 is 12.0 Å². The van der Waals surface area contributed by atoms with E-state index in [-0.39, 0.29) is 18.0 Å². The number of anilines is 1. The summed E-state index contributed by atoms with van der Waals surface area (Å²) in [6, 6.07) is 9.32. The van der Waals surface area contributed by atoms with Crippen LogP contribution in [0.2, 0.25) is 0 Å². The van der Waals surface area contributed by atoms with Crippen LogP contribution in [-0.2, 0) is 4.79 Å². The first-order chi connectivity index (χ1) is 9.50. The lowest BCUT2D eigenvalue weighted by atomic mass is 9.92. The summed E-state index contributed by atoms with van der Waals surface area (Å²) in [7, 11) is 1.74. The van der Waals surface area contributed by atoms with Crippen molar-refractivity contribution in [3.05, 3.63) is 30.3 Å². The average molecular weight is 276 g/mol. The molecule has 1 aliphatic heterocycles. The van der Waals surface area contributed by atoms with Gasteiger partial charge in [-0.15, -0.1) is 0 Å². The number of hydrogen-bond acceptors (Lipinski definition) is 2. The second-order valence-electron chi connectivity index (χ2n) is 5.28. The monoisotopic (exact) mass is 276 g/mol. The molecule has 1 saturated heterocycles. The van der Waals surface area contributed by atoms with Gasteiger partial charge in [0.25, 0.3) is 0 Å². The Kier molecular flexibility index (Phi) is 4.27. The molecular formula is C15H20N2O3. The zero-order chi connectivity index (χ0) is 14.7. The minimum absolute atomic E-state index is 0.0523. The van der Waals surface area contributed by atoms with Crippen LogP contribution in [0.15, 0.2) is 30.3 Å². The Balaban J connectivity index is 2.05. The molecule has 20 heavy (non-hydrogen) atoms. The van der Waals surface area contributed by atoms with Crippen molar-refractivity contribution in [1.29, 1.82) is 0 Å². The third-order valence-electron chi connectivity index (χ3n) is 3.90. The number of aliphatic carboxylic acids is 1. The van der Waals surface area contributed by atoms with E-state index in [2.05, 4.69) is 0 Å². The molecule has 108 valence electrons. The maximum Gasteiger partial charge on any atom is 0.324 e. The normalized spacial score (nSPS) is 22.4. The van der Waals surface area contributed by atoms with E-state index in [9.17, 15) is 9.59 Å². The quantitative estimate of drug-likeness (QED) is 0.902. The number of carbonyl (C=O) groups is 2. The Morgan fingerprint density at radius 1 is 1.30 bits per heavy atom. The summed E-state index contributed by atoms with van der Waals surface area (Å²) in [6.07, 6.45) is 1.04. The van der Waals surface area contributed by atoms with Crippen molar-refractivity contribution in [3.63, 3.8) is 0 Å². The van der Waals surface area contributed by atoms with Crippen LogP contribution in [0.25, 0.3) is 0 Å². The van der Waals surface area contributed by atoms with Crippen LogP contribution in [0.1, 0.15) is 19.8 Å². The van der Waals surface area contributed by atoms with Crippen LogP contribution in [0.5, 0.6) is 0 Å². The van der Waals surface area contributed by atoms with E-state index in [1.807, 2.05) is 37.3 Å². The fourth-order valence-electron chi connectivity index (χ4n) is 2.64. The molecule has 1 heterocycles. The molecule has 2 unspecified atom stereocenters. The molecule has 0 bridgehead atoms. The number of hydrogen-bond donors (Lipinski definition) is 1. The Hall–Kier alpha value is -2.04. The van der Waals surface area contributed by atoms with Crippen LogP contribution >= 0.6 is 0 Å². The topological polar surface area (TPSA) is 60.9 Å². The van der Waals surface area contributed by atoms with Crippen molar-refractivity contribution in [1.82, 2.24) is 4.90 Å². The lowest BCUT2D eigenvalue weighted by molar-refractivity contribution is -0.143. The number of benzene rings is 1. The standard InChI is InChI=1S/C15H20N2O3/c1-11-10-12(14(18)19)8-9-17(11)15(20)16(2)13-6-4-3-5-7-13/h3-7,11-12H,8-10H2,1-2H3,(H,18,19). The van der Waals surface area contributed by atoms with Crippen LogP contribution in [0, 0.1) is 5.92 Å². The molecular weight excluding hydrogens is 256 g/mol. The van der Waals surface area contributed by atoms with E-state index in [0.717, 1.165) is 5.69 Å².